The van der Waals surface area contributed by atoms with Crippen LogP contribution in [0.2, 0.25) is 0 Å². The van der Waals surface area contributed by atoms with Crippen LogP contribution < -0.4 is 5.32 Å². The molecule has 1 aromatic heterocycles. The van der Waals surface area contributed by atoms with Gasteiger partial charge in [-0.2, -0.15) is 0 Å². The predicted octanol–water partition coefficient (Wildman–Crippen LogP) is 2.87. The number of nitrogens with one attached hydrogen (secondary N) is 1. The Hall–Kier alpha value is -1.62. The van der Waals surface area contributed by atoms with Gasteiger partial charge in [0.05, 0.1) is 11.2 Å². The minimum atomic E-state index is -0.974. The van der Waals surface area contributed by atoms with E-state index in [4.69, 9.17) is 5.11 Å². The highest BCUT2D eigenvalue weighted by molar-refractivity contribution is 5.88. The van der Waals surface area contributed by atoms with Crippen molar-refractivity contribution in [2.24, 2.45) is 0 Å². The second-order valence-electron chi connectivity index (χ2n) is 5.73. The molecule has 0 bridgehead atoms. The fourth-order valence-electron chi connectivity index (χ4n) is 1.97. The largest absolute Gasteiger partial charge is 0.478 e. The summed E-state index contributed by atoms with van der Waals surface area (Å²) in [5.41, 5.74) is 0.108. The number of aliphatic hydroxyl groups is 1. The lowest BCUT2D eigenvalue weighted by Crippen LogP contribution is -2.33. The Morgan fingerprint density at radius 3 is 2.60 bits per heavy atom. The number of aromatic nitrogens is 1. The average molecular weight is 280 g/mol. The van der Waals surface area contributed by atoms with Crippen molar-refractivity contribution < 1.29 is 15.0 Å². The fraction of sp³-hybridized carbons (Fsp3) is 0.600. The Bertz CT molecular complexity index is 470. The van der Waals surface area contributed by atoms with Crippen molar-refractivity contribution in [2.45, 2.75) is 52.1 Å². The second kappa shape index (κ2) is 6.70. The Kier molecular flexibility index (Phi) is 5.51. The van der Waals surface area contributed by atoms with Gasteiger partial charge in [-0.3, -0.25) is 0 Å². The van der Waals surface area contributed by atoms with Crippen LogP contribution in [-0.4, -0.2) is 33.3 Å². The normalized spacial score (nSPS) is 14.1. The van der Waals surface area contributed by atoms with Crippen LogP contribution in [0.3, 0.4) is 0 Å². The van der Waals surface area contributed by atoms with Crippen LogP contribution >= 0.6 is 0 Å². The molecule has 0 fully saturated rings. The summed E-state index contributed by atoms with van der Waals surface area (Å²) in [6.07, 6.45) is 1.56. The number of aromatic carboxylic acids is 1. The number of anilines is 1. The summed E-state index contributed by atoms with van der Waals surface area (Å²) < 4.78 is 0. The van der Waals surface area contributed by atoms with Gasteiger partial charge in [-0.1, -0.05) is 27.2 Å². The van der Waals surface area contributed by atoms with E-state index in [1.54, 1.807) is 13.0 Å². The highest BCUT2D eigenvalue weighted by Gasteiger charge is 2.19. The molecule has 0 aliphatic heterocycles. The van der Waals surface area contributed by atoms with Gasteiger partial charge >= 0.3 is 5.97 Å². The van der Waals surface area contributed by atoms with Gasteiger partial charge in [0.2, 0.25) is 0 Å². The van der Waals surface area contributed by atoms with Crippen LogP contribution in [0.5, 0.6) is 0 Å². The standard InChI is InChI=1S/C15H24N2O3/c1-5-6-15(4,20)9-16-13-8-11(14(18)19)7-12(17-13)10(2)3/h7-8,10,20H,5-6,9H2,1-4H3,(H,16,17)(H,18,19). The molecule has 0 aliphatic carbocycles. The van der Waals surface area contributed by atoms with E-state index in [2.05, 4.69) is 10.3 Å². The molecule has 0 aromatic carbocycles. The number of hydrogen-bond acceptors (Lipinski definition) is 4. The number of rotatable bonds is 7. The van der Waals surface area contributed by atoms with Crippen molar-refractivity contribution in [1.82, 2.24) is 4.98 Å². The van der Waals surface area contributed by atoms with Gasteiger partial charge in [-0.25, -0.2) is 9.78 Å². The molecular weight excluding hydrogens is 256 g/mol. The summed E-state index contributed by atoms with van der Waals surface area (Å²) in [5, 5.41) is 22.3. The maximum absolute atomic E-state index is 11.1. The van der Waals surface area contributed by atoms with Crippen LogP contribution in [0.4, 0.5) is 5.82 Å². The van der Waals surface area contributed by atoms with E-state index in [0.29, 0.717) is 18.8 Å². The Labute approximate surface area is 120 Å². The maximum atomic E-state index is 11.1. The molecule has 1 atom stereocenters. The van der Waals surface area contributed by atoms with Crippen LogP contribution in [0.25, 0.3) is 0 Å². The van der Waals surface area contributed by atoms with E-state index in [-0.39, 0.29) is 11.5 Å². The molecule has 0 spiro atoms. The van der Waals surface area contributed by atoms with Crippen LogP contribution in [-0.2, 0) is 0 Å². The van der Waals surface area contributed by atoms with Gasteiger partial charge in [-0.15, -0.1) is 0 Å². The monoisotopic (exact) mass is 280 g/mol. The number of carboxylic acid groups (broad SMARTS) is 1. The second-order valence-corrected chi connectivity index (χ2v) is 5.73. The van der Waals surface area contributed by atoms with Gasteiger partial charge in [-0.05, 0) is 31.4 Å². The van der Waals surface area contributed by atoms with Gasteiger partial charge in [0.1, 0.15) is 5.82 Å². The summed E-state index contributed by atoms with van der Waals surface area (Å²) in [6.45, 7) is 8.03. The molecule has 3 N–H and O–H groups in total. The number of carboxylic acids is 1. The highest BCUT2D eigenvalue weighted by Crippen LogP contribution is 2.19. The van der Waals surface area contributed by atoms with E-state index in [0.717, 1.165) is 12.1 Å². The molecule has 5 heteroatoms. The number of hydrogen-bond donors (Lipinski definition) is 3. The first-order chi connectivity index (χ1) is 9.25. The van der Waals surface area contributed by atoms with Gasteiger partial charge < -0.3 is 15.5 Å². The SMILES string of the molecule is CCCC(C)(O)CNc1cc(C(=O)O)cc(C(C)C)n1. The summed E-state index contributed by atoms with van der Waals surface area (Å²) in [6, 6.07) is 3.08. The highest BCUT2D eigenvalue weighted by atomic mass is 16.4. The Morgan fingerprint density at radius 2 is 2.10 bits per heavy atom. The number of carbonyl (C=O) groups is 1. The smallest absolute Gasteiger partial charge is 0.335 e. The summed E-state index contributed by atoms with van der Waals surface area (Å²) in [5.74, 6) is -0.339. The molecule has 0 saturated carbocycles. The zero-order valence-corrected chi connectivity index (χ0v) is 12.6. The van der Waals surface area contributed by atoms with Crippen LogP contribution in [0, 0.1) is 0 Å². The fourth-order valence-corrected chi connectivity index (χ4v) is 1.97. The minimum absolute atomic E-state index is 0.144. The molecule has 0 amide bonds. The predicted molar refractivity (Wildman–Crippen MR) is 79.3 cm³/mol. The zero-order chi connectivity index (χ0) is 15.3. The van der Waals surface area contributed by atoms with Crippen molar-refractivity contribution in [3.8, 4) is 0 Å². The van der Waals surface area contributed by atoms with E-state index in [1.807, 2.05) is 20.8 Å². The first-order valence-corrected chi connectivity index (χ1v) is 6.96. The number of pyridine rings is 1. The summed E-state index contributed by atoms with van der Waals surface area (Å²) in [4.78, 5) is 15.5. The van der Waals surface area contributed by atoms with E-state index >= 15 is 0 Å². The lowest BCUT2D eigenvalue weighted by Gasteiger charge is -2.23. The van der Waals surface area contributed by atoms with E-state index < -0.39 is 11.6 Å². The summed E-state index contributed by atoms with van der Waals surface area (Å²) >= 11 is 0. The van der Waals surface area contributed by atoms with Crippen LogP contribution in [0.1, 0.15) is 62.5 Å². The molecule has 1 rings (SSSR count). The van der Waals surface area contributed by atoms with Gasteiger partial charge in [0.25, 0.3) is 0 Å². The lowest BCUT2D eigenvalue weighted by atomic mass is 10.0. The van der Waals surface area contributed by atoms with Crippen molar-refractivity contribution in [3.05, 3.63) is 23.4 Å². The molecule has 1 aromatic rings. The van der Waals surface area contributed by atoms with Crippen molar-refractivity contribution in [2.75, 3.05) is 11.9 Å². The third kappa shape index (κ3) is 4.81. The number of nitrogens with zero attached hydrogens (tertiary/aromatic N) is 1. The quantitative estimate of drug-likeness (QED) is 0.715. The molecule has 20 heavy (non-hydrogen) atoms. The Morgan fingerprint density at radius 1 is 1.45 bits per heavy atom. The van der Waals surface area contributed by atoms with E-state index in [9.17, 15) is 9.90 Å². The zero-order valence-electron chi connectivity index (χ0n) is 12.6. The van der Waals surface area contributed by atoms with Crippen molar-refractivity contribution in [3.63, 3.8) is 0 Å². The third-order valence-electron chi connectivity index (χ3n) is 3.12. The van der Waals surface area contributed by atoms with Gasteiger partial charge in [0.15, 0.2) is 0 Å². The Balaban J connectivity index is 2.91. The molecule has 0 radical (unpaired) electrons. The third-order valence-corrected chi connectivity index (χ3v) is 3.12. The average Bonchev–Trinajstić information content (AvgIpc) is 2.36. The van der Waals surface area contributed by atoms with Crippen molar-refractivity contribution >= 4 is 11.8 Å². The maximum Gasteiger partial charge on any atom is 0.335 e. The van der Waals surface area contributed by atoms with Gasteiger partial charge in [0, 0.05) is 12.2 Å². The van der Waals surface area contributed by atoms with E-state index in [1.165, 1.54) is 6.07 Å². The first kappa shape index (κ1) is 16.4. The minimum Gasteiger partial charge on any atom is -0.478 e. The molecule has 0 saturated heterocycles. The molecule has 112 valence electrons. The molecule has 1 heterocycles. The molecule has 1 unspecified atom stereocenters. The summed E-state index contributed by atoms with van der Waals surface area (Å²) in [7, 11) is 0. The topological polar surface area (TPSA) is 82.5 Å². The van der Waals surface area contributed by atoms with Crippen molar-refractivity contribution in [1.29, 1.82) is 0 Å². The lowest BCUT2D eigenvalue weighted by molar-refractivity contribution is 0.0636. The molecular formula is C15H24N2O3. The molecule has 5 nitrogen and oxygen atoms in total. The first-order valence-electron chi connectivity index (χ1n) is 6.96. The molecule has 0 aliphatic rings. The van der Waals surface area contributed by atoms with Crippen LogP contribution in [0.15, 0.2) is 12.1 Å².